The van der Waals surface area contributed by atoms with Gasteiger partial charge in [-0.3, -0.25) is 0 Å². The zero-order chi connectivity index (χ0) is 29.5. The number of allylic oxidation sites excluding steroid dienone is 2. The van der Waals surface area contributed by atoms with Crippen molar-refractivity contribution in [1.82, 2.24) is 0 Å². The van der Waals surface area contributed by atoms with Gasteiger partial charge in [0.1, 0.15) is 12.9 Å². The highest BCUT2D eigenvalue weighted by Gasteiger charge is 2.29. The van der Waals surface area contributed by atoms with Gasteiger partial charge in [0.15, 0.2) is 6.20 Å². The fraction of sp³-hybridized carbons (Fsp3) is 0.189. The standard InChI is InChI=1S/C37H34FN2S/c1-8-23(2)33(32-20-31(38)30(22-40(32)7)37(4,5)6)35-24(3)29-19-18-28(21-39)34(36(29)41-35)27-16-14-26(15-17-27)25-12-10-9-11-13-25/h8-20,22H,1H2,2-7H3/q+1/b33-23-. The zero-order valence-electron chi connectivity index (χ0n) is 24.5. The molecule has 0 atom stereocenters. The van der Waals surface area contributed by atoms with Crippen molar-refractivity contribution in [3.63, 3.8) is 0 Å². The van der Waals surface area contributed by atoms with Crippen molar-refractivity contribution in [3.8, 4) is 28.3 Å². The number of hydrogen-bond donors (Lipinski definition) is 0. The van der Waals surface area contributed by atoms with E-state index in [0.29, 0.717) is 11.1 Å². The normalized spacial score (nSPS) is 12.2. The van der Waals surface area contributed by atoms with E-state index < -0.39 is 0 Å². The summed E-state index contributed by atoms with van der Waals surface area (Å²) in [6.07, 6.45) is 3.73. The summed E-state index contributed by atoms with van der Waals surface area (Å²) in [5.74, 6) is -0.218. The van der Waals surface area contributed by atoms with Gasteiger partial charge < -0.3 is 0 Å². The molecule has 0 saturated heterocycles. The highest BCUT2D eigenvalue weighted by atomic mass is 32.1. The number of pyridine rings is 1. The SMILES string of the molecule is C=C/C(C)=C(\c1sc2c(-c3ccc(-c4ccccc4)cc3)c(C#N)ccc2c1C)c1cc(F)c(C(C)(C)C)c[n+]1C. The fourth-order valence-electron chi connectivity index (χ4n) is 5.39. The Kier molecular flexibility index (Phi) is 7.51. The first-order valence-corrected chi connectivity index (χ1v) is 14.5. The molecule has 0 aliphatic carbocycles. The third-order valence-corrected chi connectivity index (χ3v) is 9.07. The van der Waals surface area contributed by atoms with E-state index in [1.807, 2.05) is 81.9 Å². The van der Waals surface area contributed by atoms with E-state index in [-0.39, 0.29) is 11.2 Å². The predicted molar refractivity (Wildman–Crippen MR) is 170 cm³/mol. The van der Waals surface area contributed by atoms with Crippen LogP contribution in [0.15, 0.2) is 97.2 Å². The van der Waals surface area contributed by atoms with Crippen molar-refractivity contribution >= 4 is 27.0 Å². The first-order chi connectivity index (χ1) is 19.5. The molecule has 41 heavy (non-hydrogen) atoms. The number of halogens is 1. The van der Waals surface area contributed by atoms with Gasteiger partial charge in [-0.25, -0.2) is 8.96 Å². The molecule has 0 unspecified atom stereocenters. The molecule has 0 bridgehead atoms. The van der Waals surface area contributed by atoms with Crippen molar-refractivity contribution in [2.24, 2.45) is 7.05 Å². The lowest BCUT2D eigenvalue weighted by molar-refractivity contribution is -0.674. The summed E-state index contributed by atoms with van der Waals surface area (Å²) >= 11 is 1.65. The average Bonchev–Trinajstić information content (AvgIpc) is 3.29. The Balaban J connectivity index is 1.73. The number of nitriles is 1. The number of nitrogens with zero attached hydrogens (tertiary/aromatic N) is 2. The zero-order valence-corrected chi connectivity index (χ0v) is 25.3. The van der Waals surface area contributed by atoms with Crippen LogP contribution in [0.5, 0.6) is 0 Å². The molecule has 5 aromatic rings. The van der Waals surface area contributed by atoms with Gasteiger partial charge in [0.25, 0.3) is 0 Å². The van der Waals surface area contributed by atoms with E-state index in [4.69, 9.17) is 0 Å². The molecule has 5 rings (SSSR count). The summed E-state index contributed by atoms with van der Waals surface area (Å²) in [7, 11) is 1.97. The molecule has 0 radical (unpaired) electrons. The van der Waals surface area contributed by atoms with Crippen LogP contribution in [0.25, 0.3) is 37.9 Å². The Morgan fingerprint density at radius 2 is 1.61 bits per heavy atom. The number of benzene rings is 3. The summed E-state index contributed by atoms with van der Waals surface area (Å²) in [5, 5.41) is 11.2. The average molecular weight is 558 g/mol. The van der Waals surface area contributed by atoms with Crippen molar-refractivity contribution in [1.29, 1.82) is 5.26 Å². The molecule has 204 valence electrons. The molecule has 2 heterocycles. The Labute approximate surface area is 246 Å². The van der Waals surface area contributed by atoms with Crippen LogP contribution in [0.2, 0.25) is 0 Å². The number of aryl methyl sites for hydroxylation is 2. The summed E-state index contributed by atoms with van der Waals surface area (Å²) in [6.45, 7) is 14.2. The second kappa shape index (κ2) is 10.9. The molecule has 0 spiro atoms. The molecule has 2 nitrogen and oxygen atoms in total. The van der Waals surface area contributed by atoms with E-state index in [1.54, 1.807) is 17.4 Å². The third kappa shape index (κ3) is 5.14. The van der Waals surface area contributed by atoms with Gasteiger partial charge in [-0.1, -0.05) is 94.1 Å². The van der Waals surface area contributed by atoms with E-state index in [1.165, 1.54) is 0 Å². The minimum Gasteiger partial charge on any atom is -0.206 e. The Hall–Kier alpha value is -4.33. The van der Waals surface area contributed by atoms with Crippen LogP contribution < -0.4 is 4.57 Å². The number of fused-ring (bicyclic) bond motifs is 1. The van der Waals surface area contributed by atoms with Gasteiger partial charge in [-0.15, -0.1) is 11.3 Å². The van der Waals surface area contributed by atoms with Crippen LogP contribution in [-0.2, 0) is 12.5 Å². The monoisotopic (exact) mass is 557 g/mol. The van der Waals surface area contributed by atoms with Crippen LogP contribution >= 0.6 is 11.3 Å². The fourth-order valence-corrected chi connectivity index (χ4v) is 6.88. The van der Waals surface area contributed by atoms with Crippen LogP contribution in [0.3, 0.4) is 0 Å². The second-order valence-corrected chi connectivity index (χ2v) is 12.5. The molecule has 0 amide bonds. The quantitative estimate of drug-likeness (QED) is 0.156. The lowest BCUT2D eigenvalue weighted by Gasteiger charge is -2.19. The lowest BCUT2D eigenvalue weighted by Crippen LogP contribution is -2.36. The first-order valence-electron chi connectivity index (χ1n) is 13.7. The maximum atomic E-state index is 15.5. The maximum absolute atomic E-state index is 15.5. The van der Waals surface area contributed by atoms with Crippen molar-refractivity contribution in [3.05, 3.63) is 130 Å². The van der Waals surface area contributed by atoms with Gasteiger partial charge in [0, 0.05) is 21.2 Å². The second-order valence-electron chi connectivity index (χ2n) is 11.5. The predicted octanol–water partition coefficient (Wildman–Crippen LogP) is 9.68. The first kappa shape index (κ1) is 28.2. The summed E-state index contributed by atoms with van der Waals surface area (Å²) < 4.78 is 18.6. The summed E-state index contributed by atoms with van der Waals surface area (Å²) in [5.41, 5.74) is 9.01. The van der Waals surface area contributed by atoms with E-state index in [9.17, 15) is 5.26 Å². The van der Waals surface area contributed by atoms with Crippen molar-refractivity contribution in [2.75, 3.05) is 0 Å². The van der Waals surface area contributed by atoms with Gasteiger partial charge in [0.2, 0.25) is 5.69 Å². The molecule has 0 N–H and O–H groups in total. The Morgan fingerprint density at radius 3 is 2.22 bits per heavy atom. The van der Waals surface area contributed by atoms with Gasteiger partial charge >= 0.3 is 0 Å². The van der Waals surface area contributed by atoms with E-state index >= 15 is 4.39 Å². The molecular formula is C37H34FN2S+. The lowest BCUT2D eigenvalue weighted by atomic mass is 9.87. The Morgan fingerprint density at radius 1 is 0.976 bits per heavy atom. The molecule has 0 fully saturated rings. The van der Waals surface area contributed by atoms with E-state index in [0.717, 1.165) is 59.6 Å². The van der Waals surface area contributed by atoms with Crippen LogP contribution in [0.1, 0.15) is 55.0 Å². The number of aromatic nitrogens is 1. The molecule has 4 heteroatoms. The van der Waals surface area contributed by atoms with Crippen molar-refractivity contribution in [2.45, 2.75) is 40.0 Å². The van der Waals surface area contributed by atoms with Crippen molar-refractivity contribution < 1.29 is 8.96 Å². The molecular weight excluding hydrogens is 523 g/mol. The highest BCUT2D eigenvalue weighted by Crippen LogP contribution is 2.44. The number of rotatable bonds is 5. The van der Waals surface area contributed by atoms with Crippen LogP contribution in [0, 0.1) is 24.1 Å². The maximum Gasteiger partial charge on any atom is 0.216 e. The van der Waals surface area contributed by atoms with Gasteiger partial charge in [-0.05, 0) is 58.5 Å². The third-order valence-electron chi connectivity index (χ3n) is 7.72. The number of hydrogen-bond acceptors (Lipinski definition) is 2. The molecule has 3 aromatic carbocycles. The largest absolute Gasteiger partial charge is 0.216 e. The molecule has 0 aliphatic rings. The van der Waals surface area contributed by atoms with Gasteiger partial charge in [-0.2, -0.15) is 5.26 Å². The molecule has 2 aromatic heterocycles. The minimum absolute atomic E-state index is 0.218. The molecule has 0 saturated carbocycles. The van der Waals surface area contributed by atoms with E-state index in [2.05, 4.69) is 56.0 Å². The topological polar surface area (TPSA) is 27.7 Å². The Bertz CT molecular complexity index is 1860. The minimum atomic E-state index is -0.316. The van der Waals surface area contributed by atoms with Crippen LogP contribution in [0.4, 0.5) is 4.39 Å². The smallest absolute Gasteiger partial charge is 0.206 e. The molecule has 0 aliphatic heterocycles. The summed E-state index contributed by atoms with van der Waals surface area (Å²) in [6, 6.07) is 26.7. The number of thiophene rings is 1. The van der Waals surface area contributed by atoms with Crippen LogP contribution in [-0.4, -0.2) is 0 Å². The van der Waals surface area contributed by atoms with Gasteiger partial charge in [0.05, 0.1) is 22.8 Å². The summed E-state index contributed by atoms with van der Waals surface area (Å²) in [4.78, 5) is 1.05. The highest BCUT2D eigenvalue weighted by molar-refractivity contribution is 7.21.